The first kappa shape index (κ1) is 15.1. The average Bonchev–Trinajstić information content (AvgIpc) is 2.95. The Morgan fingerprint density at radius 2 is 2.05 bits per heavy atom. The highest BCUT2D eigenvalue weighted by Gasteiger charge is 2.49. The summed E-state index contributed by atoms with van der Waals surface area (Å²) in [5, 5.41) is 12.3. The van der Waals surface area contributed by atoms with Gasteiger partial charge in [-0.1, -0.05) is 27.2 Å². The second-order valence-electron chi connectivity index (χ2n) is 6.97. The Labute approximate surface area is 120 Å². The molecule has 0 bridgehead atoms. The van der Waals surface area contributed by atoms with Crippen LogP contribution in [-0.4, -0.2) is 41.1 Å². The molecule has 114 valence electrons. The maximum atomic E-state index is 12.3. The summed E-state index contributed by atoms with van der Waals surface area (Å²) < 4.78 is 0. The van der Waals surface area contributed by atoms with E-state index >= 15 is 0 Å². The van der Waals surface area contributed by atoms with Crippen molar-refractivity contribution < 1.29 is 14.7 Å². The van der Waals surface area contributed by atoms with Crippen LogP contribution in [0.15, 0.2) is 0 Å². The molecule has 1 saturated heterocycles. The highest BCUT2D eigenvalue weighted by Crippen LogP contribution is 2.42. The van der Waals surface area contributed by atoms with Crippen LogP contribution in [0.1, 0.15) is 46.5 Å². The maximum absolute atomic E-state index is 12.3. The molecule has 3 unspecified atom stereocenters. The molecule has 2 amide bonds. The molecule has 2 rings (SSSR count). The van der Waals surface area contributed by atoms with Crippen LogP contribution in [0.2, 0.25) is 0 Å². The fourth-order valence-electron chi connectivity index (χ4n) is 3.37. The summed E-state index contributed by atoms with van der Waals surface area (Å²) >= 11 is 0. The first-order valence-electron chi connectivity index (χ1n) is 7.63. The minimum Gasteiger partial charge on any atom is -0.480 e. The normalized spacial score (nSPS) is 29.4. The molecular formula is C15H26N2O3. The third kappa shape index (κ3) is 2.91. The van der Waals surface area contributed by atoms with Crippen molar-refractivity contribution in [1.29, 1.82) is 0 Å². The molecule has 1 heterocycles. The lowest BCUT2D eigenvalue weighted by atomic mass is 9.90. The summed E-state index contributed by atoms with van der Waals surface area (Å²) in [6, 6.07) is -0.847. The van der Waals surface area contributed by atoms with Gasteiger partial charge < -0.3 is 15.3 Å². The molecule has 20 heavy (non-hydrogen) atoms. The summed E-state index contributed by atoms with van der Waals surface area (Å²) in [4.78, 5) is 25.3. The van der Waals surface area contributed by atoms with Crippen LogP contribution < -0.4 is 5.32 Å². The molecule has 5 heteroatoms. The van der Waals surface area contributed by atoms with Crippen molar-refractivity contribution in [1.82, 2.24) is 10.2 Å². The number of nitrogens with one attached hydrogen (secondary N) is 1. The van der Waals surface area contributed by atoms with E-state index in [0.717, 1.165) is 25.7 Å². The summed E-state index contributed by atoms with van der Waals surface area (Å²) in [5.74, 6) is -0.331. The van der Waals surface area contributed by atoms with Gasteiger partial charge in [-0.25, -0.2) is 9.59 Å². The van der Waals surface area contributed by atoms with Crippen molar-refractivity contribution in [3.63, 3.8) is 0 Å². The molecule has 0 aromatic heterocycles. The van der Waals surface area contributed by atoms with Crippen molar-refractivity contribution in [2.24, 2.45) is 17.3 Å². The third-order valence-electron chi connectivity index (χ3n) is 5.08. The van der Waals surface area contributed by atoms with Gasteiger partial charge in [-0.15, -0.1) is 0 Å². The molecule has 2 aliphatic rings. The first-order chi connectivity index (χ1) is 9.35. The number of carbonyl (C=O) groups excluding carboxylic acids is 1. The highest BCUT2D eigenvalue weighted by molar-refractivity contribution is 5.83. The molecular weight excluding hydrogens is 256 g/mol. The van der Waals surface area contributed by atoms with E-state index in [2.05, 4.69) is 26.1 Å². The monoisotopic (exact) mass is 282 g/mol. The largest absolute Gasteiger partial charge is 0.480 e. The number of rotatable bonds is 4. The number of hydrogen-bond acceptors (Lipinski definition) is 2. The molecule has 2 N–H and O–H groups in total. The van der Waals surface area contributed by atoms with Crippen LogP contribution in [0.3, 0.4) is 0 Å². The number of carbonyl (C=O) groups is 2. The SMILES string of the molecule is CCC(C)(C)CNC(=O)N1CC2CCCC2C1C(=O)O. The van der Waals surface area contributed by atoms with E-state index in [0.29, 0.717) is 19.0 Å². The van der Waals surface area contributed by atoms with Gasteiger partial charge in [-0.05, 0) is 36.5 Å². The molecule has 2 fully saturated rings. The van der Waals surface area contributed by atoms with Crippen LogP contribution in [0, 0.1) is 17.3 Å². The number of hydrogen-bond donors (Lipinski definition) is 2. The van der Waals surface area contributed by atoms with Gasteiger partial charge >= 0.3 is 12.0 Å². The zero-order valence-electron chi connectivity index (χ0n) is 12.7. The number of carboxylic acids is 1. The number of likely N-dealkylation sites (tertiary alicyclic amines) is 1. The van der Waals surface area contributed by atoms with Gasteiger partial charge in [0.25, 0.3) is 0 Å². The second-order valence-corrected chi connectivity index (χ2v) is 6.97. The molecule has 3 atom stereocenters. The van der Waals surface area contributed by atoms with Crippen LogP contribution >= 0.6 is 0 Å². The topological polar surface area (TPSA) is 69.6 Å². The Morgan fingerprint density at radius 1 is 1.35 bits per heavy atom. The fourth-order valence-corrected chi connectivity index (χ4v) is 3.37. The van der Waals surface area contributed by atoms with Crippen molar-refractivity contribution in [3.8, 4) is 0 Å². The zero-order valence-corrected chi connectivity index (χ0v) is 12.7. The molecule has 1 saturated carbocycles. The van der Waals surface area contributed by atoms with Crippen molar-refractivity contribution >= 4 is 12.0 Å². The smallest absolute Gasteiger partial charge is 0.326 e. The Morgan fingerprint density at radius 3 is 2.65 bits per heavy atom. The van der Waals surface area contributed by atoms with E-state index in [1.54, 1.807) is 4.90 Å². The van der Waals surface area contributed by atoms with Gasteiger partial charge in [0.1, 0.15) is 6.04 Å². The van der Waals surface area contributed by atoms with Crippen molar-refractivity contribution in [3.05, 3.63) is 0 Å². The van der Waals surface area contributed by atoms with E-state index in [1.165, 1.54) is 0 Å². The van der Waals surface area contributed by atoms with Gasteiger partial charge in [0.05, 0.1) is 0 Å². The van der Waals surface area contributed by atoms with Gasteiger partial charge in [-0.3, -0.25) is 0 Å². The Hall–Kier alpha value is -1.26. The van der Waals surface area contributed by atoms with Crippen LogP contribution in [-0.2, 0) is 4.79 Å². The Bertz CT molecular complexity index is 395. The summed E-state index contributed by atoms with van der Waals surface area (Å²) in [7, 11) is 0. The molecule has 5 nitrogen and oxygen atoms in total. The standard InChI is InChI=1S/C15H26N2O3/c1-4-15(2,3)9-16-14(20)17-8-10-6-5-7-11(10)12(17)13(18)19/h10-12H,4-9H2,1-3H3,(H,16,20)(H,18,19). The fraction of sp³-hybridized carbons (Fsp3) is 0.867. The average molecular weight is 282 g/mol. The molecule has 0 radical (unpaired) electrons. The molecule has 0 aromatic carbocycles. The lowest BCUT2D eigenvalue weighted by molar-refractivity contribution is -0.142. The number of urea groups is 1. The Kier molecular flexibility index (Phi) is 4.25. The maximum Gasteiger partial charge on any atom is 0.326 e. The minimum atomic E-state index is -0.857. The minimum absolute atomic E-state index is 0.0456. The molecule has 0 aromatic rings. The van der Waals surface area contributed by atoms with Gasteiger partial charge in [0, 0.05) is 13.1 Å². The van der Waals surface area contributed by atoms with Gasteiger partial charge in [0.15, 0.2) is 0 Å². The van der Waals surface area contributed by atoms with E-state index in [4.69, 9.17) is 0 Å². The first-order valence-corrected chi connectivity index (χ1v) is 7.63. The van der Waals surface area contributed by atoms with Gasteiger partial charge in [0.2, 0.25) is 0 Å². The number of amides is 2. The summed E-state index contributed by atoms with van der Waals surface area (Å²) in [6.45, 7) is 7.47. The second kappa shape index (κ2) is 5.62. The molecule has 1 aliphatic carbocycles. The van der Waals surface area contributed by atoms with E-state index in [1.807, 2.05) is 0 Å². The predicted octanol–water partition coefficient (Wildman–Crippen LogP) is 2.32. The zero-order chi connectivity index (χ0) is 14.9. The van der Waals surface area contributed by atoms with Crippen molar-refractivity contribution in [2.75, 3.05) is 13.1 Å². The molecule has 1 aliphatic heterocycles. The Balaban J connectivity index is 2.00. The quantitative estimate of drug-likeness (QED) is 0.831. The van der Waals surface area contributed by atoms with E-state index in [-0.39, 0.29) is 17.4 Å². The van der Waals surface area contributed by atoms with E-state index < -0.39 is 12.0 Å². The van der Waals surface area contributed by atoms with Gasteiger partial charge in [-0.2, -0.15) is 0 Å². The van der Waals surface area contributed by atoms with E-state index in [9.17, 15) is 14.7 Å². The summed E-state index contributed by atoms with van der Waals surface area (Å²) in [5.41, 5.74) is 0.0456. The summed E-state index contributed by atoms with van der Waals surface area (Å²) in [6.07, 6.45) is 4.06. The number of aliphatic carboxylic acids is 1. The molecule has 0 spiro atoms. The predicted molar refractivity (Wildman–Crippen MR) is 76.4 cm³/mol. The lowest BCUT2D eigenvalue weighted by Gasteiger charge is -2.28. The third-order valence-corrected chi connectivity index (χ3v) is 5.08. The number of carboxylic acid groups (broad SMARTS) is 1. The number of nitrogens with zero attached hydrogens (tertiary/aromatic N) is 1. The van der Waals surface area contributed by atoms with Crippen LogP contribution in [0.25, 0.3) is 0 Å². The number of fused-ring (bicyclic) bond motifs is 1. The lowest BCUT2D eigenvalue weighted by Crippen LogP contribution is -2.49. The highest BCUT2D eigenvalue weighted by atomic mass is 16.4. The van der Waals surface area contributed by atoms with Crippen molar-refractivity contribution in [2.45, 2.75) is 52.5 Å². The van der Waals surface area contributed by atoms with Crippen LogP contribution in [0.5, 0.6) is 0 Å². The van der Waals surface area contributed by atoms with Crippen LogP contribution in [0.4, 0.5) is 4.79 Å².